The van der Waals surface area contributed by atoms with Crippen molar-refractivity contribution in [1.29, 1.82) is 0 Å². The molecule has 1 aliphatic carbocycles. The lowest BCUT2D eigenvalue weighted by Gasteiger charge is -2.17. The van der Waals surface area contributed by atoms with Crippen LogP contribution in [-0.4, -0.2) is 22.7 Å². The average Bonchev–Trinajstić information content (AvgIpc) is 3.40. The van der Waals surface area contributed by atoms with Crippen LogP contribution < -0.4 is 9.47 Å². The molecule has 7 heteroatoms. The SMILES string of the molecule is O=CC1=Cc2c(F)cc(OCc3ccc4c(c3)c(Cl)nn4C3CCCC3)cc2OC1. The van der Waals surface area contributed by atoms with Crippen molar-refractivity contribution in [3.05, 3.63) is 58.0 Å². The molecule has 0 amide bonds. The summed E-state index contributed by atoms with van der Waals surface area (Å²) in [6.07, 6.45) is 6.89. The lowest BCUT2D eigenvalue weighted by atomic mass is 10.1. The smallest absolute Gasteiger partial charge is 0.158 e. The molecule has 0 radical (unpaired) electrons. The van der Waals surface area contributed by atoms with E-state index in [4.69, 9.17) is 21.1 Å². The number of carbonyl (C=O) groups is 1. The molecular formula is C23H20ClFN2O3. The first-order valence-electron chi connectivity index (χ1n) is 10.0. The van der Waals surface area contributed by atoms with E-state index in [-0.39, 0.29) is 18.8 Å². The molecule has 3 aromatic rings. The maximum absolute atomic E-state index is 14.4. The maximum atomic E-state index is 14.4. The molecule has 0 atom stereocenters. The fraction of sp³-hybridized carbons (Fsp3) is 0.304. The van der Waals surface area contributed by atoms with Gasteiger partial charge < -0.3 is 9.47 Å². The van der Waals surface area contributed by atoms with Crippen LogP contribution in [-0.2, 0) is 11.4 Å². The predicted molar refractivity (Wildman–Crippen MR) is 113 cm³/mol. The van der Waals surface area contributed by atoms with Crippen LogP contribution >= 0.6 is 11.6 Å². The monoisotopic (exact) mass is 426 g/mol. The molecule has 154 valence electrons. The number of hydrogen-bond acceptors (Lipinski definition) is 4. The number of ether oxygens (including phenoxy) is 2. The van der Waals surface area contributed by atoms with Gasteiger partial charge in [0.05, 0.1) is 17.1 Å². The molecule has 0 saturated heterocycles. The van der Waals surface area contributed by atoms with Gasteiger partial charge in [0.2, 0.25) is 0 Å². The van der Waals surface area contributed by atoms with Crippen LogP contribution in [0.5, 0.6) is 11.5 Å². The van der Waals surface area contributed by atoms with Crippen molar-refractivity contribution in [2.45, 2.75) is 38.3 Å². The number of benzene rings is 2. The molecule has 0 N–H and O–H groups in total. The van der Waals surface area contributed by atoms with E-state index in [0.717, 1.165) is 29.3 Å². The first-order chi connectivity index (χ1) is 14.6. The van der Waals surface area contributed by atoms with Crippen molar-refractivity contribution >= 4 is 34.9 Å². The van der Waals surface area contributed by atoms with Gasteiger partial charge in [-0.1, -0.05) is 30.5 Å². The number of hydrogen-bond donors (Lipinski definition) is 0. The Labute approximate surface area is 178 Å². The van der Waals surface area contributed by atoms with Gasteiger partial charge in [-0.3, -0.25) is 9.48 Å². The zero-order valence-corrected chi connectivity index (χ0v) is 17.0. The van der Waals surface area contributed by atoms with Gasteiger partial charge >= 0.3 is 0 Å². The Kier molecular flexibility index (Phi) is 4.95. The topological polar surface area (TPSA) is 53.3 Å². The minimum Gasteiger partial charge on any atom is -0.489 e. The second kappa shape index (κ2) is 7.76. The van der Waals surface area contributed by atoms with E-state index in [0.29, 0.717) is 34.6 Å². The summed E-state index contributed by atoms with van der Waals surface area (Å²) < 4.78 is 27.8. The second-order valence-electron chi connectivity index (χ2n) is 7.76. The number of nitrogens with zero attached hydrogens (tertiary/aromatic N) is 2. The average molecular weight is 427 g/mol. The first-order valence-corrected chi connectivity index (χ1v) is 10.4. The molecule has 1 aromatic heterocycles. The fourth-order valence-electron chi connectivity index (χ4n) is 4.20. The molecule has 1 aliphatic heterocycles. The Morgan fingerprint density at radius 3 is 2.90 bits per heavy atom. The van der Waals surface area contributed by atoms with Crippen LogP contribution in [0.1, 0.15) is 42.9 Å². The van der Waals surface area contributed by atoms with Gasteiger partial charge in [-0.2, -0.15) is 5.10 Å². The molecule has 5 nitrogen and oxygen atoms in total. The number of rotatable bonds is 5. The summed E-state index contributed by atoms with van der Waals surface area (Å²) in [5.41, 5.74) is 2.61. The van der Waals surface area contributed by atoms with Gasteiger partial charge in [-0.05, 0) is 36.6 Å². The fourth-order valence-corrected chi connectivity index (χ4v) is 4.43. The Bertz CT molecular complexity index is 1160. The molecule has 2 aromatic carbocycles. The summed E-state index contributed by atoms with van der Waals surface area (Å²) in [6.45, 7) is 0.383. The zero-order chi connectivity index (χ0) is 20.7. The first kappa shape index (κ1) is 19.1. The van der Waals surface area contributed by atoms with Gasteiger partial charge in [0.1, 0.15) is 36.8 Å². The number of halogens is 2. The van der Waals surface area contributed by atoms with Gasteiger partial charge in [0.15, 0.2) is 5.15 Å². The van der Waals surface area contributed by atoms with Crippen LogP contribution in [0.25, 0.3) is 17.0 Å². The van der Waals surface area contributed by atoms with Crippen LogP contribution in [0.4, 0.5) is 4.39 Å². The third-order valence-corrected chi connectivity index (χ3v) is 6.02. The van der Waals surface area contributed by atoms with Crippen molar-refractivity contribution in [1.82, 2.24) is 9.78 Å². The number of carbonyl (C=O) groups excluding carboxylic acids is 1. The van der Waals surface area contributed by atoms with Crippen molar-refractivity contribution < 1.29 is 18.7 Å². The van der Waals surface area contributed by atoms with E-state index in [9.17, 15) is 9.18 Å². The molecule has 2 heterocycles. The highest BCUT2D eigenvalue weighted by Crippen LogP contribution is 2.35. The molecule has 5 rings (SSSR count). The molecule has 0 bridgehead atoms. The third-order valence-electron chi connectivity index (χ3n) is 5.74. The van der Waals surface area contributed by atoms with Crippen molar-refractivity contribution in [2.75, 3.05) is 6.61 Å². The van der Waals surface area contributed by atoms with E-state index >= 15 is 0 Å². The lowest BCUT2D eigenvalue weighted by Crippen LogP contribution is -2.09. The van der Waals surface area contributed by atoms with Crippen LogP contribution in [0, 0.1) is 5.82 Å². The van der Waals surface area contributed by atoms with E-state index in [1.165, 1.54) is 25.0 Å². The van der Waals surface area contributed by atoms with Crippen molar-refractivity contribution in [2.24, 2.45) is 0 Å². The second-order valence-corrected chi connectivity index (χ2v) is 8.11. The maximum Gasteiger partial charge on any atom is 0.158 e. The molecule has 30 heavy (non-hydrogen) atoms. The van der Waals surface area contributed by atoms with Gasteiger partial charge in [0, 0.05) is 23.1 Å². The van der Waals surface area contributed by atoms with Gasteiger partial charge in [0.25, 0.3) is 0 Å². The highest BCUT2D eigenvalue weighted by Gasteiger charge is 2.21. The summed E-state index contributed by atoms with van der Waals surface area (Å²) in [6, 6.07) is 9.33. The number of aldehydes is 1. The Morgan fingerprint density at radius 2 is 2.10 bits per heavy atom. The summed E-state index contributed by atoms with van der Waals surface area (Å²) in [7, 11) is 0. The Hall–Kier alpha value is -2.86. The minimum absolute atomic E-state index is 0.125. The standard InChI is InChI=1S/C23H20ClFN2O3/c24-23-19-7-14(5-6-21(19)27(26-23)16-3-1-2-4-16)12-29-17-9-20(25)18-8-15(11-28)13-30-22(18)10-17/h5-11,16H,1-4,12-13H2. The number of fused-ring (bicyclic) bond motifs is 2. The van der Waals surface area contributed by atoms with Crippen molar-refractivity contribution in [3.63, 3.8) is 0 Å². The Morgan fingerprint density at radius 1 is 1.27 bits per heavy atom. The number of aromatic nitrogens is 2. The van der Waals surface area contributed by atoms with E-state index < -0.39 is 5.82 Å². The highest BCUT2D eigenvalue weighted by molar-refractivity contribution is 6.34. The lowest BCUT2D eigenvalue weighted by molar-refractivity contribution is -0.105. The van der Waals surface area contributed by atoms with E-state index in [2.05, 4.69) is 5.10 Å². The molecular weight excluding hydrogens is 407 g/mol. The van der Waals surface area contributed by atoms with Gasteiger partial charge in [-0.25, -0.2) is 4.39 Å². The largest absolute Gasteiger partial charge is 0.489 e. The minimum atomic E-state index is -0.488. The zero-order valence-electron chi connectivity index (χ0n) is 16.2. The summed E-state index contributed by atoms with van der Waals surface area (Å²) >= 11 is 6.40. The Balaban J connectivity index is 1.37. The van der Waals surface area contributed by atoms with Gasteiger partial charge in [-0.15, -0.1) is 0 Å². The molecule has 2 aliphatic rings. The molecule has 1 fully saturated rings. The molecule has 1 saturated carbocycles. The van der Waals surface area contributed by atoms with Crippen LogP contribution in [0.3, 0.4) is 0 Å². The van der Waals surface area contributed by atoms with E-state index in [1.54, 1.807) is 6.07 Å². The summed E-state index contributed by atoms with van der Waals surface area (Å²) in [5, 5.41) is 5.94. The third kappa shape index (κ3) is 3.45. The highest BCUT2D eigenvalue weighted by atomic mass is 35.5. The quantitative estimate of drug-likeness (QED) is 0.506. The molecule has 0 spiro atoms. The van der Waals surface area contributed by atoms with Crippen molar-refractivity contribution in [3.8, 4) is 11.5 Å². The molecule has 0 unspecified atom stereocenters. The van der Waals surface area contributed by atoms with Crippen LogP contribution in [0.2, 0.25) is 5.15 Å². The normalized spacial score (nSPS) is 16.3. The van der Waals surface area contributed by atoms with E-state index in [1.807, 2.05) is 22.9 Å². The van der Waals surface area contributed by atoms with Crippen LogP contribution in [0.15, 0.2) is 35.9 Å². The summed E-state index contributed by atoms with van der Waals surface area (Å²) in [4.78, 5) is 10.9. The summed E-state index contributed by atoms with van der Waals surface area (Å²) in [5.74, 6) is 0.242. The predicted octanol–water partition coefficient (Wildman–Crippen LogP) is 5.50.